The second-order valence-corrected chi connectivity index (χ2v) is 5.29. The quantitative estimate of drug-likeness (QED) is 0.495. The highest BCUT2D eigenvalue weighted by atomic mass is 19.3. The van der Waals surface area contributed by atoms with E-state index in [0.717, 1.165) is 5.39 Å². The standard InChI is InChI=1S/C19H13F2NO4/c20-19(21)26-14-8-5-13(6-9-14)17(23)11-25-18(24)16-10-7-12-3-1-2-4-15(12)22-16/h1-10,19H,11H2. The minimum atomic E-state index is -2.94. The van der Waals surface area contributed by atoms with Crippen molar-refractivity contribution in [1.82, 2.24) is 4.98 Å². The van der Waals surface area contributed by atoms with Crippen LogP contribution in [0.15, 0.2) is 60.7 Å². The number of rotatable bonds is 6. The number of hydrogen-bond donors (Lipinski definition) is 0. The van der Waals surface area contributed by atoms with Crippen molar-refractivity contribution in [3.05, 3.63) is 71.9 Å². The first-order chi connectivity index (χ1) is 12.5. The van der Waals surface area contributed by atoms with Gasteiger partial charge in [0, 0.05) is 10.9 Å². The number of ether oxygens (including phenoxy) is 2. The molecule has 0 saturated heterocycles. The van der Waals surface area contributed by atoms with Gasteiger partial charge >= 0.3 is 12.6 Å². The molecule has 0 bridgehead atoms. The Balaban J connectivity index is 1.61. The summed E-state index contributed by atoms with van der Waals surface area (Å²) in [7, 11) is 0. The Morgan fingerprint density at radius 3 is 2.42 bits per heavy atom. The number of pyridine rings is 1. The molecule has 26 heavy (non-hydrogen) atoms. The Morgan fingerprint density at radius 1 is 0.962 bits per heavy atom. The van der Waals surface area contributed by atoms with Crippen LogP contribution in [0.5, 0.6) is 5.75 Å². The van der Waals surface area contributed by atoms with E-state index < -0.39 is 25.0 Å². The largest absolute Gasteiger partial charge is 0.453 e. The molecule has 0 N–H and O–H groups in total. The highest BCUT2D eigenvalue weighted by Crippen LogP contribution is 2.16. The molecular formula is C19H13F2NO4. The number of benzene rings is 2. The topological polar surface area (TPSA) is 65.5 Å². The summed E-state index contributed by atoms with van der Waals surface area (Å²) in [6.07, 6.45) is 0. The van der Waals surface area contributed by atoms with Crippen molar-refractivity contribution in [1.29, 1.82) is 0 Å². The van der Waals surface area contributed by atoms with Crippen LogP contribution in [-0.4, -0.2) is 30.0 Å². The van der Waals surface area contributed by atoms with Gasteiger partial charge in [0.05, 0.1) is 5.52 Å². The molecule has 0 aliphatic rings. The molecule has 1 aromatic heterocycles. The van der Waals surface area contributed by atoms with Crippen LogP contribution in [0.2, 0.25) is 0 Å². The Bertz CT molecular complexity index is 942. The number of fused-ring (bicyclic) bond motifs is 1. The summed E-state index contributed by atoms with van der Waals surface area (Å²) in [5, 5.41) is 0.881. The fourth-order valence-corrected chi connectivity index (χ4v) is 2.29. The van der Waals surface area contributed by atoms with Crippen LogP contribution in [0.1, 0.15) is 20.8 Å². The highest BCUT2D eigenvalue weighted by molar-refractivity contribution is 5.99. The Hall–Kier alpha value is -3.35. The summed E-state index contributed by atoms with van der Waals surface area (Å²) in [4.78, 5) is 28.3. The maximum absolute atomic E-state index is 12.1. The molecule has 0 unspecified atom stereocenters. The number of halogens is 2. The van der Waals surface area contributed by atoms with E-state index in [1.165, 1.54) is 30.3 Å². The third kappa shape index (κ3) is 4.18. The second kappa shape index (κ2) is 7.69. The van der Waals surface area contributed by atoms with E-state index in [1.807, 2.05) is 12.1 Å². The maximum Gasteiger partial charge on any atom is 0.387 e. The van der Waals surface area contributed by atoms with Gasteiger partial charge in [-0.15, -0.1) is 0 Å². The lowest BCUT2D eigenvalue weighted by Crippen LogP contribution is -2.15. The molecule has 7 heteroatoms. The average molecular weight is 357 g/mol. The lowest BCUT2D eigenvalue weighted by Gasteiger charge is -2.07. The molecular weight excluding hydrogens is 344 g/mol. The molecule has 0 aliphatic carbocycles. The minimum absolute atomic E-state index is 0.0612. The first-order valence-electron chi connectivity index (χ1n) is 7.64. The number of ketones is 1. The van der Waals surface area contributed by atoms with Crippen LogP contribution in [0.3, 0.4) is 0 Å². The summed E-state index contributed by atoms with van der Waals surface area (Å²) in [6, 6.07) is 15.7. The first-order valence-corrected chi connectivity index (χ1v) is 7.64. The van der Waals surface area contributed by atoms with E-state index in [-0.39, 0.29) is 17.0 Å². The van der Waals surface area contributed by atoms with E-state index in [2.05, 4.69) is 9.72 Å². The lowest BCUT2D eigenvalue weighted by molar-refractivity contribution is -0.0498. The van der Waals surface area contributed by atoms with Crippen LogP contribution in [0.25, 0.3) is 10.9 Å². The summed E-state index contributed by atoms with van der Waals surface area (Å²) in [6.45, 7) is -3.42. The normalized spacial score (nSPS) is 10.7. The van der Waals surface area contributed by atoms with Gasteiger partial charge in [-0.3, -0.25) is 4.79 Å². The van der Waals surface area contributed by atoms with Gasteiger partial charge in [0.15, 0.2) is 12.4 Å². The Kier molecular flexibility index (Phi) is 5.17. The van der Waals surface area contributed by atoms with Crippen molar-refractivity contribution in [3.8, 4) is 5.75 Å². The first kappa shape index (κ1) is 17.5. The number of hydrogen-bond acceptors (Lipinski definition) is 5. The van der Waals surface area contributed by atoms with Gasteiger partial charge in [-0.05, 0) is 36.4 Å². The number of esters is 1. The molecule has 3 aromatic rings. The molecule has 132 valence electrons. The van der Waals surface area contributed by atoms with Crippen molar-refractivity contribution < 1.29 is 27.8 Å². The van der Waals surface area contributed by atoms with Gasteiger partial charge in [-0.1, -0.05) is 24.3 Å². The van der Waals surface area contributed by atoms with Gasteiger partial charge in [-0.25, -0.2) is 9.78 Å². The molecule has 3 rings (SSSR count). The van der Waals surface area contributed by atoms with Crippen molar-refractivity contribution in [3.63, 3.8) is 0 Å². The van der Waals surface area contributed by atoms with Crippen molar-refractivity contribution in [2.24, 2.45) is 0 Å². The zero-order valence-electron chi connectivity index (χ0n) is 13.4. The van der Waals surface area contributed by atoms with E-state index in [4.69, 9.17) is 4.74 Å². The molecule has 0 aliphatic heterocycles. The summed E-state index contributed by atoms with van der Waals surface area (Å²) in [5.74, 6) is -1.25. The fraction of sp³-hybridized carbons (Fsp3) is 0.105. The monoisotopic (exact) mass is 357 g/mol. The van der Waals surface area contributed by atoms with Gasteiger partial charge in [0.25, 0.3) is 0 Å². The molecule has 0 atom stereocenters. The van der Waals surface area contributed by atoms with Crippen molar-refractivity contribution >= 4 is 22.7 Å². The number of alkyl halides is 2. The lowest BCUT2D eigenvalue weighted by atomic mass is 10.1. The molecule has 0 radical (unpaired) electrons. The molecule has 0 fully saturated rings. The third-order valence-corrected chi connectivity index (χ3v) is 3.54. The zero-order chi connectivity index (χ0) is 18.5. The number of nitrogens with zero attached hydrogens (tertiary/aromatic N) is 1. The summed E-state index contributed by atoms with van der Waals surface area (Å²) in [5.41, 5.74) is 0.950. The van der Waals surface area contributed by atoms with E-state index in [1.54, 1.807) is 18.2 Å². The highest BCUT2D eigenvalue weighted by Gasteiger charge is 2.14. The maximum atomic E-state index is 12.1. The zero-order valence-corrected chi connectivity index (χ0v) is 13.4. The molecule has 0 amide bonds. The van der Waals surface area contributed by atoms with Crippen LogP contribution >= 0.6 is 0 Å². The average Bonchev–Trinajstić information content (AvgIpc) is 2.65. The predicted octanol–water partition coefficient (Wildman–Crippen LogP) is 3.88. The van der Waals surface area contributed by atoms with Crippen molar-refractivity contribution in [2.75, 3.05) is 6.61 Å². The molecule has 0 spiro atoms. The second-order valence-electron chi connectivity index (χ2n) is 5.29. The Labute approximate surface area is 147 Å². The molecule has 2 aromatic carbocycles. The van der Waals surface area contributed by atoms with Gasteiger partial charge in [0.2, 0.25) is 0 Å². The number of carbonyl (C=O) groups excluding carboxylic acids is 2. The van der Waals surface area contributed by atoms with Crippen LogP contribution < -0.4 is 4.74 Å². The van der Waals surface area contributed by atoms with Crippen LogP contribution in [0, 0.1) is 0 Å². The third-order valence-electron chi connectivity index (χ3n) is 3.54. The van der Waals surface area contributed by atoms with E-state index >= 15 is 0 Å². The Morgan fingerprint density at radius 2 is 1.69 bits per heavy atom. The molecule has 1 heterocycles. The van der Waals surface area contributed by atoms with Gasteiger partial charge in [-0.2, -0.15) is 8.78 Å². The summed E-state index contributed by atoms with van der Waals surface area (Å²) >= 11 is 0. The van der Waals surface area contributed by atoms with Crippen LogP contribution in [-0.2, 0) is 4.74 Å². The minimum Gasteiger partial charge on any atom is -0.453 e. The van der Waals surface area contributed by atoms with Crippen molar-refractivity contribution in [2.45, 2.75) is 6.61 Å². The molecule has 5 nitrogen and oxygen atoms in total. The van der Waals surface area contributed by atoms with Crippen LogP contribution in [0.4, 0.5) is 8.78 Å². The number of carbonyl (C=O) groups is 2. The van der Waals surface area contributed by atoms with E-state index in [9.17, 15) is 18.4 Å². The number of aromatic nitrogens is 1. The predicted molar refractivity (Wildman–Crippen MR) is 89.4 cm³/mol. The fourth-order valence-electron chi connectivity index (χ4n) is 2.29. The summed E-state index contributed by atoms with van der Waals surface area (Å²) < 4.78 is 33.4. The smallest absolute Gasteiger partial charge is 0.387 e. The van der Waals surface area contributed by atoms with E-state index in [0.29, 0.717) is 5.52 Å². The number of para-hydroxylation sites is 1. The molecule has 0 saturated carbocycles. The van der Waals surface area contributed by atoms with Gasteiger partial charge in [0.1, 0.15) is 11.4 Å². The SMILES string of the molecule is O=C(COC(=O)c1ccc2ccccc2n1)c1ccc(OC(F)F)cc1. The van der Waals surface area contributed by atoms with Gasteiger partial charge < -0.3 is 9.47 Å². The number of Topliss-reactive ketones (excluding diaryl/α,β-unsaturated/α-hetero) is 1.